The van der Waals surface area contributed by atoms with Gasteiger partial charge in [0.25, 0.3) is 0 Å². The van der Waals surface area contributed by atoms with Crippen LogP contribution in [0.15, 0.2) is 11.6 Å². The van der Waals surface area contributed by atoms with Crippen molar-refractivity contribution in [3.63, 3.8) is 0 Å². The first-order valence-corrected chi connectivity index (χ1v) is 13.6. The van der Waals surface area contributed by atoms with Crippen LogP contribution < -0.4 is 0 Å². The number of rotatable bonds is 0. The highest BCUT2D eigenvalue weighted by molar-refractivity contribution is 5.85. The smallest absolute Gasteiger partial charge is 0.138 e. The average molecular weight is 439 g/mol. The molecule has 0 N–H and O–H groups in total. The first-order chi connectivity index (χ1) is 14.7. The van der Waals surface area contributed by atoms with Crippen LogP contribution in [0.25, 0.3) is 0 Å². The summed E-state index contributed by atoms with van der Waals surface area (Å²) < 4.78 is 6.83. The fraction of sp³-hybridized carbons (Fsp3) is 0.900. The van der Waals surface area contributed by atoms with Gasteiger partial charge in [0.2, 0.25) is 0 Å². The Kier molecular flexibility index (Phi) is 4.07. The Labute approximate surface area is 196 Å². The van der Waals surface area contributed by atoms with E-state index in [0.29, 0.717) is 40.7 Å². The van der Waals surface area contributed by atoms with Gasteiger partial charge < -0.3 is 4.74 Å². The second-order valence-corrected chi connectivity index (χ2v) is 15.3. The molecule has 1 saturated heterocycles. The minimum absolute atomic E-state index is 0.184. The Morgan fingerprint density at radius 2 is 1.62 bits per heavy atom. The van der Waals surface area contributed by atoms with Crippen LogP contribution in [0.5, 0.6) is 0 Å². The molecule has 32 heavy (non-hydrogen) atoms. The number of carbonyl (C=O) groups is 1. The summed E-state index contributed by atoms with van der Waals surface area (Å²) in [7, 11) is 0. The van der Waals surface area contributed by atoms with Gasteiger partial charge in [-0.2, -0.15) is 0 Å². The highest BCUT2D eigenvalue weighted by atomic mass is 16.6. The van der Waals surface area contributed by atoms with Crippen molar-refractivity contribution in [1.29, 1.82) is 0 Å². The van der Waals surface area contributed by atoms with E-state index in [4.69, 9.17) is 4.74 Å². The summed E-state index contributed by atoms with van der Waals surface area (Å²) in [6.07, 6.45) is 13.1. The normalized spacial score (nSPS) is 57.2. The van der Waals surface area contributed by atoms with Gasteiger partial charge in [0.1, 0.15) is 5.78 Å². The lowest BCUT2D eigenvalue weighted by atomic mass is 9.35. The van der Waals surface area contributed by atoms with E-state index in [1.807, 2.05) is 0 Å². The van der Waals surface area contributed by atoms with E-state index >= 15 is 0 Å². The van der Waals surface area contributed by atoms with Gasteiger partial charge in [-0.15, -0.1) is 0 Å². The maximum atomic E-state index is 12.9. The van der Waals surface area contributed by atoms with Gasteiger partial charge in [0, 0.05) is 23.2 Å². The Morgan fingerprint density at radius 3 is 2.34 bits per heavy atom. The third-order valence-electron chi connectivity index (χ3n) is 12.7. The van der Waals surface area contributed by atoms with Crippen LogP contribution >= 0.6 is 0 Å². The first-order valence-electron chi connectivity index (χ1n) is 13.6. The molecule has 0 unspecified atom stereocenters. The molecule has 0 bridgehead atoms. The molecule has 0 amide bonds. The van der Waals surface area contributed by atoms with Gasteiger partial charge in [-0.1, -0.05) is 67.0 Å². The lowest BCUT2D eigenvalue weighted by Crippen LogP contribution is -2.65. The standard InChI is InChI=1S/C30H46O2/c1-25(2)15-16-27(5)12-9-19-29(7)13-10-18-26(3,4)21(31)11-14-28(18,6)23(29)22-24(32-22)30(19,8)20(27)17-25/h9,18,20,22-24H,10-17H2,1-8H3/t18-,20+,22-,23+,24-,27-,28-,29-,30+/m0/s1. The summed E-state index contributed by atoms with van der Waals surface area (Å²) in [6, 6.07) is 0. The monoisotopic (exact) mass is 438 g/mol. The molecule has 9 atom stereocenters. The van der Waals surface area contributed by atoms with E-state index in [2.05, 4.69) is 61.5 Å². The molecule has 2 nitrogen and oxygen atoms in total. The van der Waals surface area contributed by atoms with Gasteiger partial charge in [-0.3, -0.25) is 4.79 Å². The zero-order valence-electron chi connectivity index (χ0n) is 21.9. The molecule has 4 saturated carbocycles. The van der Waals surface area contributed by atoms with Gasteiger partial charge in [0.05, 0.1) is 12.2 Å². The molecule has 5 fully saturated rings. The van der Waals surface area contributed by atoms with Gasteiger partial charge in [-0.05, 0) is 78.4 Å². The van der Waals surface area contributed by atoms with Crippen molar-refractivity contribution in [3.8, 4) is 0 Å². The van der Waals surface area contributed by atoms with Crippen molar-refractivity contribution in [1.82, 2.24) is 0 Å². The molecule has 2 heteroatoms. The van der Waals surface area contributed by atoms with E-state index < -0.39 is 0 Å². The van der Waals surface area contributed by atoms with E-state index in [9.17, 15) is 4.79 Å². The molecule has 6 rings (SSSR count). The summed E-state index contributed by atoms with van der Waals surface area (Å²) in [4.78, 5) is 12.9. The fourth-order valence-electron chi connectivity index (χ4n) is 11.0. The van der Waals surface area contributed by atoms with Crippen LogP contribution in [0.3, 0.4) is 0 Å². The minimum Gasteiger partial charge on any atom is -0.368 e. The molecule has 6 aliphatic rings. The molecule has 0 aromatic heterocycles. The van der Waals surface area contributed by atoms with Crippen molar-refractivity contribution in [2.75, 3.05) is 0 Å². The number of allylic oxidation sites excluding steroid dienone is 1. The SMILES string of the molecule is CC1(C)CC[C@]2(C)CC=C3[C@](C)([C@@H]2C1)[C@H]1O[C@H]1[C@@H]1[C@@]2(C)CCC(=O)C(C)(C)[C@@H]2CC[C@@]31C. The third kappa shape index (κ3) is 2.39. The number of ether oxygens (including phenoxy) is 1. The summed E-state index contributed by atoms with van der Waals surface area (Å²) in [5.41, 5.74) is 3.05. The van der Waals surface area contributed by atoms with E-state index in [-0.39, 0.29) is 21.7 Å². The molecule has 1 aliphatic heterocycles. The number of fused-ring (bicyclic) bond motifs is 10. The summed E-state index contributed by atoms with van der Waals surface area (Å²) in [5, 5.41) is 0. The average Bonchev–Trinajstić information content (AvgIpc) is 3.47. The van der Waals surface area contributed by atoms with Gasteiger partial charge in [-0.25, -0.2) is 0 Å². The third-order valence-corrected chi connectivity index (χ3v) is 12.7. The number of carbonyl (C=O) groups excluding carboxylic acids is 1. The van der Waals surface area contributed by atoms with E-state index in [1.54, 1.807) is 5.57 Å². The van der Waals surface area contributed by atoms with Crippen LogP contribution in [0, 0.1) is 50.2 Å². The first kappa shape index (κ1) is 21.9. The summed E-state index contributed by atoms with van der Waals surface area (Å²) in [5.74, 6) is 2.27. The quantitative estimate of drug-likeness (QED) is 0.292. The second kappa shape index (κ2) is 5.95. The lowest BCUT2D eigenvalue weighted by Gasteiger charge is -2.68. The summed E-state index contributed by atoms with van der Waals surface area (Å²) in [6.45, 7) is 19.8. The highest BCUT2D eigenvalue weighted by Crippen LogP contribution is 2.78. The van der Waals surface area contributed by atoms with Crippen LogP contribution in [-0.2, 0) is 9.53 Å². The molecule has 0 aromatic carbocycles. The second-order valence-electron chi connectivity index (χ2n) is 15.3. The number of Topliss-reactive ketones (excluding diaryl/α,β-unsaturated/α-hetero) is 1. The number of epoxide rings is 1. The zero-order chi connectivity index (χ0) is 23.1. The van der Waals surface area contributed by atoms with Crippen LogP contribution in [-0.4, -0.2) is 18.0 Å². The minimum atomic E-state index is -0.188. The van der Waals surface area contributed by atoms with Crippen molar-refractivity contribution in [2.24, 2.45) is 50.2 Å². The largest absolute Gasteiger partial charge is 0.368 e. The topological polar surface area (TPSA) is 29.6 Å². The highest BCUT2D eigenvalue weighted by Gasteiger charge is 2.77. The Bertz CT molecular complexity index is 912. The molecule has 0 spiro atoms. The van der Waals surface area contributed by atoms with Crippen molar-refractivity contribution in [2.45, 2.75) is 119 Å². The van der Waals surface area contributed by atoms with Crippen molar-refractivity contribution < 1.29 is 9.53 Å². The lowest BCUT2D eigenvalue weighted by molar-refractivity contribution is -0.164. The van der Waals surface area contributed by atoms with Gasteiger partial charge in [0.15, 0.2) is 0 Å². The van der Waals surface area contributed by atoms with Crippen molar-refractivity contribution in [3.05, 3.63) is 11.6 Å². The molecule has 5 aliphatic carbocycles. The Balaban J connectivity index is 1.47. The number of hydrogen-bond acceptors (Lipinski definition) is 2. The molecular formula is C30H46O2. The predicted molar refractivity (Wildman–Crippen MR) is 129 cm³/mol. The molecule has 0 aromatic rings. The maximum absolute atomic E-state index is 12.9. The molecule has 178 valence electrons. The van der Waals surface area contributed by atoms with Gasteiger partial charge >= 0.3 is 0 Å². The maximum Gasteiger partial charge on any atom is 0.138 e. The zero-order valence-corrected chi connectivity index (χ0v) is 21.9. The van der Waals surface area contributed by atoms with Crippen molar-refractivity contribution >= 4 is 5.78 Å². The molecule has 1 heterocycles. The van der Waals surface area contributed by atoms with E-state index in [0.717, 1.165) is 18.8 Å². The predicted octanol–water partition coefficient (Wildman–Crippen LogP) is 7.36. The number of ketones is 1. The summed E-state index contributed by atoms with van der Waals surface area (Å²) >= 11 is 0. The fourth-order valence-corrected chi connectivity index (χ4v) is 11.0. The van der Waals surface area contributed by atoms with E-state index in [1.165, 1.54) is 38.5 Å². The molecular weight excluding hydrogens is 392 g/mol. The van der Waals surface area contributed by atoms with Crippen LogP contribution in [0.2, 0.25) is 0 Å². The van der Waals surface area contributed by atoms with Crippen LogP contribution in [0.1, 0.15) is 107 Å². The number of hydrogen-bond donors (Lipinski definition) is 0. The Hall–Kier alpha value is -0.630. The molecule has 0 radical (unpaired) electrons. The Morgan fingerprint density at radius 1 is 0.906 bits per heavy atom. The van der Waals surface area contributed by atoms with Crippen LogP contribution in [0.4, 0.5) is 0 Å².